The second kappa shape index (κ2) is 6.20. The highest BCUT2D eigenvalue weighted by Crippen LogP contribution is 2.29. The van der Waals surface area contributed by atoms with Crippen LogP contribution in [-0.2, 0) is 4.74 Å². The Labute approximate surface area is 95.1 Å². The number of nitrogens with zero attached hydrogens (tertiary/aromatic N) is 1. The molecule has 0 aliphatic rings. The Morgan fingerprint density at radius 2 is 2.27 bits per heavy atom. The summed E-state index contributed by atoms with van der Waals surface area (Å²) in [5.41, 5.74) is 0. The van der Waals surface area contributed by atoms with Crippen LogP contribution in [0.3, 0.4) is 0 Å². The summed E-state index contributed by atoms with van der Waals surface area (Å²) < 4.78 is 5.63. The van der Waals surface area contributed by atoms with Gasteiger partial charge in [0.15, 0.2) is 0 Å². The van der Waals surface area contributed by atoms with E-state index < -0.39 is 6.10 Å². The molecule has 3 nitrogen and oxygen atoms in total. The van der Waals surface area contributed by atoms with Gasteiger partial charge in [-0.15, -0.1) is 11.3 Å². The van der Waals surface area contributed by atoms with Crippen molar-refractivity contribution in [3.05, 3.63) is 16.1 Å². The predicted molar refractivity (Wildman–Crippen MR) is 62.0 cm³/mol. The van der Waals surface area contributed by atoms with Gasteiger partial charge in [-0.25, -0.2) is 4.98 Å². The van der Waals surface area contributed by atoms with Gasteiger partial charge in [-0.2, -0.15) is 0 Å². The zero-order valence-corrected chi connectivity index (χ0v) is 10.4. The fourth-order valence-corrected chi connectivity index (χ4v) is 2.32. The number of hydrogen-bond donors (Lipinski definition) is 1. The van der Waals surface area contributed by atoms with Crippen molar-refractivity contribution in [2.75, 3.05) is 6.61 Å². The highest BCUT2D eigenvalue weighted by atomic mass is 32.1. The van der Waals surface area contributed by atoms with E-state index in [0.29, 0.717) is 6.61 Å². The summed E-state index contributed by atoms with van der Waals surface area (Å²) in [7, 11) is 0. The summed E-state index contributed by atoms with van der Waals surface area (Å²) in [6.07, 6.45) is 3.47. The first-order chi connectivity index (χ1) is 7.19. The maximum Gasteiger partial charge on any atom is 0.122 e. The number of thiazole rings is 1. The van der Waals surface area contributed by atoms with Crippen LogP contribution in [-0.4, -0.2) is 16.7 Å². The molecule has 1 rings (SSSR count). The first-order valence-corrected chi connectivity index (χ1v) is 6.25. The lowest BCUT2D eigenvalue weighted by Crippen LogP contribution is -2.03. The van der Waals surface area contributed by atoms with Crippen LogP contribution in [0.1, 0.15) is 55.7 Å². The Morgan fingerprint density at radius 3 is 2.73 bits per heavy atom. The normalized spacial score (nSPS) is 15.2. The van der Waals surface area contributed by atoms with Crippen LogP contribution in [0.4, 0.5) is 0 Å². The molecule has 0 radical (unpaired) electrons. The zero-order valence-electron chi connectivity index (χ0n) is 9.56. The molecule has 0 saturated carbocycles. The number of aliphatic hydroxyl groups excluding tert-OH is 1. The molecule has 15 heavy (non-hydrogen) atoms. The SMILES string of the molecule is CCCC(OCC)c1ncc(C(C)O)s1. The number of ether oxygens (including phenoxy) is 1. The molecule has 2 atom stereocenters. The number of aromatic nitrogens is 1. The van der Waals surface area contributed by atoms with E-state index in [-0.39, 0.29) is 6.10 Å². The quantitative estimate of drug-likeness (QED) is 0.815. The average Bonchev–Trinajstić information content (AvgIpc) is 2.66. The van der Waals surface area contributed by atoms with Crippen molar-refractivity contribution < 1.29 is 9.84 Å². The maximum absolute atomic E-state index is 9.41. The number of aliphatic hydroxyl groups is 1. The largest absolute Gasteiger partial charge is 0.388 e. The molecule has 0 bridgehead atoms. The second-order valence-electron chi connectivity index (χ2n) is 3.51. The van der Waals surface area contributed by atoms with E-state index in [4.69, 9.17) is 4.74 Å². The van der Waals surface area contributed by atoms with Crippen LogP contribution < -0.4 is 0 Å². The van der Waals surface area contributed by atoms with Crippen molar-refractivity contribution >= 4 is 11.3 Å². The molecule has 0 aromatic carbocycles. The molecule has 86 valence electrons. The Bertz CT molecular complexity index is 280. The summed E-state index contributed by atoms with van der Waals surface area (Å²) >= 11 is 1.54. The average molecular weight is 229 g/mol. The predicted octanol–water partition coefficient (Wildman–Crippen LogP) is 3.07. The van der Waals surface area contributed by atoms with E-state index in [1.165, 1.54) is 0 Å². The van der Waals surface area contributed by atoms with Gasteiger partial charge in [-0.3, -0.25) is 0 Å². The maximum atomic E-state index is 9.41. The van der Waals surface area contributed by atoms with Crippen molar-refractivity contribution in [1.82, 2.24) is 4.98 Å². The van der Waals surface area contributed by atoms with Gasteiger partial charge in [0.1, 0.15) is 11.1 Å². The zero-order chi connectivity index (χ0) is 11.3. The van der Waals surface area contributed by atoms with E-state index in [0.717, 1.165) is 22.7 Å². The van der Waals surface area contributed by atoms with Crippen molar-refractivity contribution in [3.8, 4) is 0 Å². The number of hydrogen-bond acceptors (Lipinski definition) is 4. The minimum Gasteiger partial charge on any atom is -0.388 e. The standard InChI is InChI=1S/C11H19NO2S/c1-4-6-9(14-5-2)11-12-7-10(15-11)8(3)13/h7-9,13H,4-6H2,1-3H3. The Kier molecular flexibility index (Phi) is 5.22. The monoisotopic (exact) mass is 229 g/mol. The van der Waals surface area contributed by atoms with Crippen LogP contribution in [0, 0.1) is 0 Å². The molecule has 0 aliphatic heterocycles. The smallest absolute Gasteiger partial charge is 0.122 e. The summed E-state index contributed by atoms with van der Waals surface area (Å²) in [6, 6.07) is 0. The van der Waals surface area contributed by atoms with Crippen LogP contribution in [0.5, 0.6) is 0 Å². The van der Waals surface area contributed by atoms with E-state index >= 15 is 0 Å². The molecule has 1 N–H and O–H groups in total. The second-order valence-corrected chi connectivity index (χ2v) is 4.60. The summed E-state index contributed by atoms with van der Waals surface area (Å²) in [4.78, 5) is 5.22. The molecule has 1 aromatic rings. The Balaban J connectivity index is 2.72. The van der Waals surface area contributed by atoms with Gasteiger partial charge in [0.2, 0.25) is 0 Å². The summed E-state index contributed by atoms with van der Waals surface area (Å²) in [5, 5.41) is 10.4. The van der Waals surface area contributed by atoms with Crippen LogP contribution in [0.2, 0.25) is 0 Å². The van der Waals surface area contributed by atoms with Gasteiger partial charge in [-0.05, 0) is 20.3 Å². The first-order valence-electron chi connectivity index (χ1n) is 5.44. The van der Waals surface area contributed by atoms with Crippen molar-refractivity contribution in [2.45, 2.75) is 45.8 Å². The summed E-state index contributed by atoms with van der Waals surface area (Å²) in [5.74, 6) is 0. The van der Waals surface area contributed by atoms with Crippen molar-refractivity contribution in [1.29, 1.82) is 0 Å². The fourth-order valence-electron chi connectivity index (χ4n) is 1.38. The molecule has 0 fully saturated rings. The molecule has 1 aromatic heterocycles. The molecule has 0 spiro atoms. The molecule has 4 heteroatoms. The Hall–Kier alpha value is -0.450. The molecule has 0 saturated heterocycles. The third kappa shape index (κ3) is 3.55. The molecule has 0 aliphatic carbocycles. The first kappa shape index (κ1) is 12.6. The topological polar surface area (TPSA) is 42.4 Å². The third-order valence-electron chi connectivity index (χ3n) is 2.15. The van der Waals surface area contributed by atoms with E-state index in [1.807, 2.05) is 6.92 Å². The molecular formula is C11H19NO2S. The Morgan fingerprint density at radius 1 is 1.53 bits per heavy atom. The van der Waals surface area contributed by atoms with Gasteiger partial charge < -0.3 is 9.84 Å². The highest BCUT2D eigenvalue weighted by molar-refractivity contribution is 7.11. The van der Waals surface area contributed by atoms with Crippen LogP contribution in [0.15, 0.2) is 6.20 Å². The van der Waals surface area contributed by atoms with E-state index in [1.54, 1.807) is 24.5 Å². The minimum atomic E-state index is -0.430. The van der Waals surface area contributed by atoms with Crippen molar-refractivity contribution in [3.63, 3.8) is 0 Å². The molecule has 2 unspecified atom stereocenters. The molecule has 1 heterocycles. The molecule has 0 amide bonds. The molecular weight excluding hydrogens is 210 g/mol. The van der Waals surface area contributed by atoms with Gasteiger partial charge in [-0.1, -0.05) is 13.3 Å². The van der Waals surface area contributed by atoms with Gasteiger partial charge in [0.25, 0.3) is 0 Å². The van der Waals surface area contributed by atoms with Gasteiger partial charge >= 0.3 is 0 Å². The van der Waals surface area contributed by atoms with E-state index in [9.17, 15) is 5.11 Å². The van der Waals surface area contributed by atoms with Crippen LogP contribution in [0.25, 0.3) is 0 Å². The number of rotatable bonds is 6. The lowest BCUT2D eigenvalue weighted by molar-refractivity contribution is 0.0555. The highest BCUT2D eigenvalue weighted by Gasteiger charge is 2.16. The summed E-state index contributed by atoms with van der Waals surface area (Å²) in [6.45, 7) is 6.59. The lowest BCUT2D eigenvalue weighted by atomic mass is 10.2. The third-order valence-corrected chi connectivity index (χ3v) is 3.41. The van der Waals surface area contributed by atoms with Crippen molar-refractivity contribution in [2.24, 2.45) is 0 Å². The van der Waals surface area contributed by atoms with E-state index in [2.05, 4.69) is 11.9 Å². The van der Waals surface area contributed by atoms with Crippen LogP contribution >= 0.6 is 11.3 Å². The van der Waals surface area contributed by atoms with Gasteiger partial charge in [0.05, 0.1) is 11.0 Å². The minimum absolute atomic E-state index is 0.0949. The van der Waals surface area contributed by atoms with Gasteiger partial charge in [0, 0.05) is 12.8 Å². The lowest BCUT2D eigenvalue weighted by Gasteiger charge is -2.12. The fraction of sp³-hybridized carbons (Fsp3) is 0.727.